The van der Waals surface area contributed by atoms with Crippen LogP contribution in [0, 0.1) is 0 Å². The van der Waals surface area contributed by atoms with Crippen LogP contribution >= 0.6 is 50.5 Å². The lowest BCUT2D eigenvalue weighted by Crippen LogP contribution is -1.91. The molecule has 2 nitrogen and oxygen atoms in total. The largest absolute Gasteiger partial charge is 0.397 e. The predicted molar refractivity (Wildman–Crippen MR) is 87.2 cm³/mol. The van der Waals surface area contributed by atoms with Gasteiger partial charge >= 0.3 is 0 Å². The zero-order chi connectivity index (χ0) is 13.6. The third-order valence-corrected chi connectivity index (χ3v) is 4.75. The number of rotatable bonds is 1. The summed E-state index contributed by atoms with van der Waals surface area (Å²) in [6.45, 7) is 0. The first-order chi connectivity index (χ1) is 9.04. The number of nitrogens with zero attached hydrogens (tertiary/aromatic N) is 1. The number of hydrogen-bond donors (Lipinski definition) is 1. The second kappa shape index (κ2) is 4.94. The highest BCUT2D eigenvalue weighted by atomic mass is 79.9. The van der Waals surface area contributed by atoms with Crippen LogP contribution in [0.2, 0.25) is 10.0 Å². The third-order valence-electron chi connectivity index (χ3n) is 2.68. The van der Waals surface area contributed by atoms with Crippen LogP contribution < -0.4 is 5.73 Å². The van der Waals surface area contributed by atoms with Gasteiger partial charge in [0, 0.05) is 15.1 Å². The summed E-state index contributed by atoms with van der Waals surface area (Å²) < 4.78 is 2.10. The van der Waals surface area contributed by atoms with Crippen LogP contribution in [0.4, 0.5) is 5.69 Å². The second-order valence-electron chi connectivity index (χ2n) is 3.98. The number of hydrogen-bond acceptors (Lipinski definition) is 3. The van der Waals surface area contributed by atoms with E-state index in [-0.39, 0.29) is 0 Å². The van der Waals surface area contributed by atoms with Crippen LogP contribution in [0.1, 0.15) is 0 Å². The number of benzene rings is 2. The molecule has 1 heterocycles. The number of aromatic nitrogens is 1. The zero-order valence-corrected chi connectivity index (χ0v) is 13.4. The summed E-state index contributed by atoms with van der Waals surface area (Å²) in [7, 11) is 0. The van der Waals surface area contributed by atoms with Crippen LogP contribution in [0.3, 0.4) is 0 Å². The number of halogens is 3. The minimum absolute atomic E-state index is 0.447. The Morgan fingerprint density at radius 2 is 1.95 bits per heavy atom. The molecule has 2 N–H and O–H groups in total. The Morgan fingerprint density at radius 1 is 1.16 bits per heavy atom. The van der Waals surface area contributed by atoms with Gasteiger partial charge in [0.2, 0.25) is 0 Å². The first-order valence-electron chi connectivity index (χ1n) is 5.35. The van der Waals surface area contributed by atoms with Gasteiger partial charge in [-0.25, -0.2) is 4.98 Å². The summed E-state index contributed by atoms with van der Waals surface area (Å²) in [4.78, 5) is 4.57. The van der Waals surface area contributed by atoms with Crippen LogP contribution in [-0.2, 0) is 0 Å². The Hall–Kier alpha value is -0.810. The Morgan fingerprint density at radius 3 is 2.74 bits per heavy atom. The maximum Gasteiger partial charge on any atom is 0.126 e. The van der Waals surface area contributed by atoms with Crippen molar-refractivity contribution in [3.8, 4) is 10.6 Å². The molecule has 19 heavy (non-hydrogen) atoms. The van der Waals surface area contributed by atoms with Gasteiger partial charge in [-0.2, -0.15) is 0 Å². The number of anilines is 1. The molecule has 0 radical (unpaired) electrons. The topological polar surface area (TPSA) is 38.9 Å². The summed E-state index contributed by atoms with van der Waals surface area (Å²) in [5, 5.41) is 1.81. The molecule has 0 aliphatic heterocycles. The predicted octanol–water partition coefficient (Wildman–Crippen LogP) is 5.61. The fourth-order valence-corrected chi connectivity index (χ4v) is 3.82. The first kappa shape index (κ1) is 13.2. The van der Waals surface area contributed by atoms with Gasteiger partial charge in [-0.1, -0.05) is 39.1 Å². The van der Waals surface area contributed by atoms with Crippen molar-refractivity contribution in [3.05, 3.63) is 44.8 Å². The molecular weight excluding hydrogens is 367 g/mol. The molecule has 0 aliphatic rings. The van der Waals surface area contributed by atoms with Crippen molar-refractivity contribution in [3.63, 3.8) is 0 Å². The highest BCUT2D eigenvalue weighted by Crippen LogP contribution is 2.38. The number of nitrogens with two attached hydrogens (primary N) is 1. The highest BCUT2D eigenvalue weighted by Gasteiger charge is 2.13. The summed E-state index contributed by atoms with van der Waals surface area (Å²) in [6.07, 6.45) is 0. The molecule has 0 atom stereocenters. The van der Waals surface area contributed by atoms with E-state index in [1.54, 1.807) is 23.5 Å². The Bertz CT molecular complexity index is 786. The minimum Gasteiger partial charge on any atom is -0.397 e. The zero-order valence-electron chi connectivity index (χ0n) is 9.45. The van der Waals surface area contributed by atoms with Gasteiger partial charge in [0.25, 0.3) is 0 Å². The van der Waals surface area contributed by atoms with E-state index in [0.29, 0.717) is 15.7 Å². The second-order valence-corrected chi connectivity index (χ2v) is 6.77. The van der Waals surface area contributed by atoms with Gasteiger partial charge in [0.1, 0.15) is 5.01 Å². The van der Waals surface area contributed by atoms with Crippen LogP contribution in [0.25, 0.3) is 20.8 Å². The first-order valence-corrected chi connectivity index (χ1v) is 7.72. The maximum absolute atomic E-state index is 6.05. The van der Waals surface area contributed by atoms with Gasteiger partial charge in [-0.05, 0) is 30.3 Å². The highest BCUT2D eigenvalue weighted by molar-refractivity contribution is 9.10. The lowest BCUT2D eigenvalue weighted by atomic mass is 10.2. The molecule has 0 aliphatic carbocycles. The molecular formula is C13H7BrCl2N2S. The molecule has 2 aromatic carbocycles. The lowest BCUT2D eigenvalue weighted by Gasteiger charge is -2.05. The Kier molecular flexibility index (Phi) is 3.43. The fourth-order valence-electron chi connectivity index (χ4n) is 1.78. The lowest BCUT2D eigenvalue weighted by molar-refractivity contribution is 1.47. The summed E-state index contributed by atoms with van der Waals surface area (Å²) >= 11 is 17.1. The van der Waals surface area contributed by atoms with Crippen molar-refractivity contribution in [2.75, 3.05) is 5.73 Å². The summed E-state index contributed by atoms with van der Waals surface area (Å²) in [5.74, 6) is 0. The fraction of sp³-hybridized carbons (Fsp3) is 0. The van der Waals surface area contributed by atoms with E-state index >= 15 is 0 Å². The standard InChI is InChI=1S/C13H7BrCl2N2S/c14-6-1-2-10-11(3-6)19-13(18-10)8-4-7(15)5-9(16)12(8)17/h1-5H,17H2. The molecule has 0 unspecified atom stereocenters. The molecule has 1 aromatic heterocycles. The summed E-state index contributed by atoms with van der Waals surface area (Å²) in [6, 6.07) is 9.36. The van der Waals surface area contributed by atoms with Crippen molar-refractivity contribution in [1.82, 2.24) is 4.98 Å². The number of nitrogen functional groups attached to an aromatic ring is 1. The molecule has 0 saturated heterocycles. The van der Waals surface area contributed by atoms with E-state index in [2.05, 4.69) is 20.9 Å². The van der Waals surface area contributed by atoms with Gasteiger partial charge in [0.15, 0.2) is 0 Å². The summed E-state index contributed by atoms with van der Waals surface area (Å²) in [5.41, 5.74) is 8.21. The van der Waals surface area contributed by atoms with Gasteiger partial charge < -0.3 is 5.73 Å². The third kappa shape index (κ3) is 2.46. The molecule has 0 spiro atoms. The minimum atomic E-state index is 0.447. The molecule has 0 amide bonds. The van der Waals surface area contributed by atoms with Crippen LogP contribution in [0.15, 0.2) is 34.8 Å². The number of thiazole rings is 1. The molecule has 96 valence electrons. The average Bonchev–Trinajstić information content (AvgIpc) is 2.76. The maximum atomic E-state index is 6.05. The van der Waals surface area contributed by atoms with Crippen molar-refractivity contribution in [2.24, 2.45) is 0 Å². The van der Waals surface area contributed by atoms with Crippen molar-refractivity contribution >= 4 is 66.4 Å². The molecule has 0 fully saturated rings. The van der Waals surface area contributed by atoms with Crippen molar-refractivity contribution < 1.29 is 0 Å². The van der Waals surface area contributed by atoms with Gasteiger partial charge in [0.05, 0.1) is 20.9 Å². The normalized spacial score (nSPS) is 11.1. The smallest absolute Gasteiger partial charge is 0.126 e. The average molecular weight is 374 g/mol. The van der Waals surface area contributed by atoms with E-state index < -0.39 is 0 Å². The van der Waals surface area contributed by atoms with E-state index in [9.17, 15) is 0 Å². The number of fused-ring (bicyclic) bond motifs is 1. The van der Waals surface area contributed by atoms with Crippen LogP contribution in [0.5, 0.6) is 0 Å². The van der Waals surface area contributed by atoms with Crippen LogP contribution in [-0.4, -0.2) is 4.98 Å². The van der Waals surface area contributed by atoms with Crippen molar-refractivity contribution in [1.29, 1.82) is 0 Å². The van der Waals surface area contributed by atoms with E-state index in [1.165, 1.54) is 0 Å². The molecule has 3 rings (SSSR count). The van der Waals surface area contributed by atoms with E-state index in [4.69, 9.17) is 28.9 Å². The Balaban J connectivity index is 2.24. The van der Waals surface area contributed by atoms with E-state index in [1.807, 2.05) is 18.2 Å². The van der Waals surface area contributed by atoms with Crippen molar-refractivity contribution in [2.45, 2.75) is 0 Å². The monoisotopic (exact) mass is 372 g/mol. The molecule has 0 bridgehead atoms. The molecule has 0 saturated carbocycles. The molecule has 6 heteroatoms. The quantitative estimate of drug-likeness (QED) is 0.562. The molecule has 3 aromatic rings. The van der Waals surface area contributed by atoms with Gasteiger partial charge in [-0.3, -0.25) is 0 Å². The van der Waals surface area contributed by atoms with Gasteiger partial charge in [-0.15, -0.1) is 11.3 Å². The SMILES string of the molecule is Nc1c(Cl)cc(Cl)cc1-c1nc2ccc(Br)cc2s1. The Labute approximate surface area is 132 Å². The van der Waals surface area contributed by atoms with E-state index in [0.717, 1.165) is 25.3 Å².